The molecule has 0 aliphatic carbocycles. The Morgan fingerprint density at radius 3 is 2.40 bits per heavy atom. The molecule has 1 saturated heterocycles. The second kappa shape index (κ2) is 11.1. The van der Waals surface area contributed by atoms with Crippen LogP contribution in [0.15, 0.2) is 48.5 Å². The van der Waals surface area contributed by atoms with E-state index in [1.54, 1.807) is 18.2 Å². The molecule has 0 saturated carbocycles. The van der Waals surface area contributed by atoms with Gasteiger partial charge in [-0.2, -0.15) is 0 Å². The van der Waals surface area contributed by atoms with Gasteiger partial charge in [0, 0.05) is 44.8 Å². The number of halogens is 2. The number of rotatable bonds is 8. The lowest BCUT2D eigenvalue weighted by molar-refractivity contribution is -0.131. The molecule has 160 valence electrons. The number of carbonyl (C=O) groups is 2. The Balaban J connectivity index is 1.31. The average Bonchev–Trinajstić information content (AvgIpc) is 2.77. The highest BCUT2D eigenvalue weighted by Gasteiger charge is 2.21. The first-order valence-electron chi connectivity index (χ1n) is 9.96. The first-order valence-corrected chi connectivity index (χ1v) is 10.7. The van der Waals surface area contributed by atoms with Gasteiger partial charge in [-0.1, -0.05) is 47.5 Å². The molecule has 6 nitrogen and oxygen atoms in total. The van der Waals surface area contributed by atoms with Gasteiger partial charge < -0.3 is 19.9 Å². The molecule has 30 heavy (non-hydrogen) atoms. The van der Waals surface area contributed by atoms with Crippen molar-refractivity contribution in [2.24, 2.45) is 0 Å². The van der Waals surface area contributed by atoms with Gasteiger partial charge in [0.05, 0.1) is 18.1 Å². The van der Waals surface area contributed by atoms with Crippen molar-refractivity contribution in [2.75, 3.05) is 44.2 Å². The molecular formula is C22H25Cl2N3O3. The van der Waals surface area contributed by atoms with Crippen LogP contribution in [0.1, 0.15) is 12.8 Å². The Morgan fingerprint density at radius 2 is 1.67 bits per heavy atom. The second-order valence-corrected chi connectivity index (χ2v) is 7.74. The summed E-state index contributed by atoms with van der Waals surface area (Å²) in [6.45, 7) is 3.50. The van der Waals surface area contributed by atoms with E-state index < -0.39 is 0 Å². The first-order chi connectivity index (χ1) is 14.5. The van der Waals surface area contributed by atoms with Crippen molar-refractivity contribution in [3.05, 3.63) is 58.6 Å². The maximum atomic E-state index is 12.4. The fourth-order valence-electron chi connectivity index (χ4n) is 3.26. The number of anilines is 1. The topological polar surface area (TPSA) is 61.9 Å². The standard InChI is InChI=1S/C22H25Cl2N3O3/c23-18-7-4-8-19(22(18)24)30-16-10-20(28)25-11-9-21(29)27-14-12-26(13-15-27)17-5-2-1-3-6-17/h1-8H,9-16H2,(H,25,28). The molecule has 1 aliphatic heterocycles. The summed E-state index contributed by atoms with van der Waals surface area (Å²) in [5.74, 6) is 0.335. The number of ether oxygens (including phenoxy) is 1. The summed E-state index contributed by atoms with van der Waals surface area (Å²) in [4.78, 5) is 28.5. The Labute approximate surface area is 186 Å². The SMILES string of the molecule is O=C(CCOc1cccc(Cl)c1Cl)NCCC(=O)N1CCN(c2ccccc2)CC1. The predicted molar refractivity (Wildman–Crippen MR) is 119 cm³/mol. The number of carbonyl (C=O) groups excluding carboxylic acids is 2. The maximum absolute atomic E-state index is 12.4. The predicted octanol–water partition coefficient (Wildman–Crippen LogP) is 3.62. The van der Waals surface area contributed by atoms with Gasteiger partial charge in [-0.3, -0.25) is 9.59 Å². The number of amides is 2. The quantitative estimate of drug-likeness (QED) is 0.668. The van der Waals surface area contributed by atoms with Crippen LogP contribution in [-0.2, 0) is 9.59 Å². The van der Waals surface area contributed by atoms with Crippen molar-refractivity contribution in [1.29, 1.82) is 0 Å². The van der Waals surface area contributed by atoms with Crippen molar-refractivity contribution in [2.45, 2.75) is 12.8 Å². The molecule has 0 atom stereocenters. The van der Waals surface area contributed by atoms with E-state index in [2.05, 4.69) is 22.3 Å². The zero-order valence-electron chi connectivity index (χ0n) is 16.7. The number of para-hydroxylation sites is 1. The van der Waals surface area contributed by atoms with E-state index in [0.717, 1.165) is 13.1 Å². The van der Waals surface area contributed by atoms with Crippen LogP contribution in [0.2, 0.25) is 10.0 Å². The fraction of sp³-hybridized carbons (Fsp3) is 0.364. The van der Waals surface area contributed by atoms with Gasteiger partial charge in [-0.15, -0.1) is 0 Å². The minimum atomic E-state index is -0.171. The van der Waals surface area contributed by atoms with E-state index in [4.69, 9.17) is 27.9 Å². The van der Waals surface area contributed by atoms with Crippen LogP contribution < -0.4 is 15.0 Å². The third kappa shape index (κ3) is 6.28. The Bertz CT molecular complexity index is 856. The largest absolute Gasteiger partial charge is 0.491 e. The summed E-state index contributed by atoms with van der Waals surface area (Å²) in [6, 6.07) is 15.3. The van der Waals surface area contributed by atoms with Gasteiger partial charge in [-0.05, 0) is 24.3 Å². The number of nitrogens with zero attached hydrogens (tertiary/aromatic N) is 2. The summed E-state index contributed by atoms with van der Waals surface area (Å²) < 4.78 is 5.50. The zero-order chi connectivity index (χ0) is 21.3. The number of hydrogen-bond acceptors (Lipinski definition) is 4. The van der Waals surface area contributed by atoms with E-state index in [9.17, 15) is 9.59 Å². The molecule has 2 aromatic carbocycles. The summed E-state index contributed by atoms with van der Waals surface area (Å²) in [6.07, 6.45) is 0.463. The van der Waals surface area contributed by atoms with Gasteiger partial charge in [-0.25, -0.2) is 0 Å². The maximum Gasteiger partial charge on any atom is 0.224 e. The van der Waals surface area contributed by atoms with Crippen LogP contribution in [0.25, 0.3) is 0 Å². The molecule has 0 radical (unpaired) electrons. The Kier molecular flexibility index (Phi) is 8.22. The van der Waals surface area contributed by atoms with Crippen LogP contribution in [-0.4, -0.2) is 56.0 Å². The summed E-state index contributed by atoms with van der Waals surface area (Å²) in [5, 5.41) is 3.50. The van der Waals surface area contributed by atoms with Crippen molar-refractivity contribution in [3.8, 4) is 5.75 Å². The minimum absolute atomic E-state index is 0.0602. The van der Waals surface area contributed by atoms with E-state index in [1.807, 2.05) is 23.1 Å². The number of piperazine rings is 1. The Morgan fingerprint density at radius 1 is 0.933 bits per heavy atom. The molecule has 1 aliphatic rings. The fourth-order valence-corrected chi connectivity index (χ4v) is 3.60. The van der Waals surface area contributed by atoms with Gasteiger partial charge in [0.15, 0.2) is 0 Å². The van der Waals surface area contributed by atoms with Crippen LogP contribution in [0.4, 0.5) is 5.69 Å². The molecule has 2 aromatic rings. The smallest absolute Gasteiger partial charge is 0.224 e. The van der Waals surface area contributed by atoms with Crippen molar-refractivity contribution in [1.82, 2.24) is 10.2 Å². The normalized spacial score (nSPS) is 13.8. The number of hydrogen-bond donors (Lipinski definition) is 1. The highest BCUT2D eigenvalue weighted by molar-refractivity contribution is 6.42. The van der Waals surface area contributed by atoms with Gasteiger partial charge in [0.1, 0.15) is 10.8 Å². The van der Waals surface area contributed by atoms with Crippen molar-refractivity contribution < 1.29 is 14.3 Å². The van der Waals surface area contributed by atoms with Crippen LogP contribution in [0, 0.1) is 0 Å². The molecule has 0 bridgehead atoms. The molecule has 0 spiro atoms. The van der Waals surface area contributed by atoms with Crippen molar-refractivity contribution in [3.63, 3.8) is 0 Å². The minimum Gasteiger partial charge on any atom is -0.491 e. The highest BCUT2D eigenvalue weighted by atomic mass is 35.5. The van der Waals surface area contributed by atoms with Crippen LogP contribution in [0.3, 0.4) is 0 Å². The Hall–Kier alpha value is -2.44. The number of nitrogens with one attached hydrogen (secondary N) is 1. The van der Waals surface area contributed by atoms with Crippen LogP contribution in [0.5, 0.6) is 5.75 Å². The molecule has 0 aromatic heterocycles. The average molecular weight is 450 g/mol. The monoisotopic (exact) mass is 449 g/mol. The van der Waals surface area contributed by atoms with Crippen LogP contribution >= 0.6 is 23.2 Å². The molecule has 1 fully saturated rings. The molecule has 0 unspecified atom stereocenters. The zero-order valence-corrected chi connectivity index (χ0v) is 18.2. The molecule has 3 rings (SSSR count). The van der Waals surface area contributed by atoms with E-state index in [-0.39, 0.29) is 31.3 Å². The summed E-state index contributed by atoms with van der Waals surface area (Å²) >= 11 is 12.0. The first kappa shape index (κ1) is 22.2. The number of benzene rings is 2. The lowest BCUT2D eigenvalue weighted by Gasteiger charge is -2.36. The lowest BCUT2D eigenvalue weighted by Crippen LogP contribution is -2.49. The molecule has 2 amide bonds. The molecule has 1 N–H and O–H groups in total. The summed E-state index contributed by atoms with van der Waals surface area (Å²) in [5.41, 5.74) is 1.18. The van der Waals surface area contributed by atoms with E-state index in [0.29, 0.717) is 35.4 Å². The van der Waals surface area contributed by atoms with Crippen molar-refractivity contribution >= 4 is 40.7 Å². The molecule has 8 heteroatoms. The third-order valence-corrected chi connectivity index (χ3v) is 5.72. The third-order valence-electron chi connectivity index (χ3n) is 4.92. The lowest BCUT2D eigenvalue weighted by atomic mass is 10.2. The molecular weight excluding hydrogens is 425 g/mol. The van der Waals surface area contributed by atoms with Gasteiger partial charge in [0.2, 0.25) is 11.8 Å². The highest BCUT2D eigenvalue weighted by Crippen LogP contribution is 2.31. The molecule has 1 heterocycles. The van der Waals surface area contributed by atoms with E-state index >= 15 is 0 Å². The second-order valence-electron chi connectivity index (χ2n) is 6.95. The van der Waals surface area contributed by atoms with E-state index in [1.165, 1.54) is 5.69 Å². The van der Waals surface area contributed by atoms with Gasteiger partial charge >= 0.3 is 0 Å². The van der Waals surface area contributed by atoms with Gasteiger partial charge in [0.25, 0.3) is 0 Å². The summed E-state index contributed by atoms with van der Waals surface area (Å²) in [7, 11) is 0.